The van der Waals surface area contributed by atoms with Crippen LogP contribution in [0.3, 0.4) is 0 Å². The van der Waals surface area contributed by atoms with Gasteiger partial charge in [-0.05, 0) is 26.0 Å². The third-order valence-corrected chi connectivity index (χ3v) is 3.45. The molecule has 0 radical (unpaired) electrons. The molecular formula is C16H15N3O3. The second kappa shape index (κ2) is 5.48. The maximum absolute atomic E-state index is 11.1. The fourth-order valence-electron chi connectivity index (χ4n) is 2.36. The molecule has 22 heavy (non-hydrogen) atoms. The first kappa shape index (κ1) is 14.1. The lowest BCUT2D eigenvalue weighted by Crippen LogP contribution is -1.94. The normalized spacial score (nSPS) is 10.8. The Balaban J connectivity index is 2.13. The van der Waals surface area contributed by atoms with Gasteiger partial charge in [-0.15, -0.1) is 0 Å². The van der Waals surface area contributed by atoms with E-state index < -0.39 is 0 Å². The highest BCUT2D eigenvalue weighted by atomic mass is 16.6. The quantitative estimate of drug-likeness (QED) is 0.545. The molecule has 3 aromatic rings. The average Bonchev–Trinajstić information content (AvgIpc) is 2.93. The first-order valence-corrected chi connectivity index (χ1v) is 6.96. The molecule has 3 rings (SSSR count). The molecule has 6 heteroatoms. The summed E-state index contributed by atoms with van der Waals surface area (Å²) in [5.41, 5.74) is 2.81. The minimum absolute atomic E-state index is 0.0968. The number of nitro benzene ring substituents is 1. The van der Waals surface area contributed by atoms with E-state index in [1.165, 1.54) is 0 Å². The molecule has 0 aliphatic heterocycles. The van der Waals surface area contributed by atoms with Crippen molar-refractivity contribution in [1.82, 2.24) is 9.38 Å². The van der Waals surface area contributed by atoms with Crippen molar-refractivity contribution in [1.29, 1.82) is 0 Å². The summed E-state index contributed by atoms with van der Waals surface area (Å²) < 4.78 is 7.41. The van der Waals surface area contributed by atoms with E-state index in [9.17, 15) is 10.1 Å². The van der Waals surface area contributed by atoms with E-state index in [1.807, 2.05) is 41.9 Å². The molecule has 0 N–H and O–H groups in total. The summed E-state index contributed by atoms with van der Waals surface area (Å²) in [5, 5.41) is 11.1. The molecule has 1 aromatic carbocycles. The van der Waals surface area contributed by atoms with Crippen molar-refractivity contribution < 1.29 is 9.66 Å². The molecule has 2 aromatic heterocycles. The van der Waals surface area contributed by atoms with Crippen molar-refractivity contribution in [3.63, 3.8) is 0 Å². The number of hydrogen-bond donors (Lipinski definition) is 0. The molecule has 6 nitrogen and oxygen atoms in total. The molecule has 112 valence electrons. The molecule has 0 aliphatic rings. The Hall–Kier alpha value is -2.89. The topological polar surface area (TPSA) is 69.7 Å². The molecule has 0 saturated carbocycles. The number of benzene rings is 1. The number of aromatic nitrogens is 2. The maximum atomic E-state index is 11.1. The van der Waals surface area contributed by atoms with E-state index in [-0.39, 0.29) is 10.6 Å². The van der Waals surface area contributed by atoms with Crippen LogP contribution in [-0.4, -0.2) is 20.9 Å². The number of rotatable bonds is 4. The summed E-state index contributed by atoms with van der Waals surface area (Å²) in [4.78, 5) is 15.2. The number of nitrogens with zero attached hydrogens (tertiary/aromatic N) is 3. The van der Waals surface area contributed by atoms with Gasteiger partial charge in [0.05, 0.1) is 17.2 Å². The Labute approximate surface area is 127 Å². The Morgan fingerprint density at radius 3 is 2.91 bits per heavy atom. The lowest BCUT2D eigenvalue weighted by molar-refractivity contribution is -0.385. The van der Waals surface area contributed by atoms with Crippen molar-refractivity contribution in [2.24, 2.45) is 0 Å². The predicted molar refractivity (Wildman–Crippen MR) is 83.2 cm³/mol. The summed E-state index contributed by atoms with van der Waals surface area (Å²) in [6.07, 6.45) is 3.71. The van der Waals surface area contributed by atoms with Crippen molar-refractivity contribution in [2.75, 3.05) is 6.61 Å². The van der Waals surface area contributed by atoms with Crippen LogP contribution in [0.4, 0.5) is 5.69 Å². The maximum Gasteiger partial charge on any atom is 0.272 e. The largest absolute Gasteiger partial charge is 0.490 e. The summed E-state index contributed by atoms with van der Waals surface area (Å²) in [7, 11) is 0. The van der Waals surface area contributed by atoms with Crippen molar-refractivity contribution in [3.8, 4) is 17.0 Å². The molecule has 0 spiro atoms. The van der Waals surface area contributed by atoms with Gasteiger partial charge in [0, 0.05) is 29.6 Å². The van der Waals surface area contributed by atoms with E-state index in [0.29, 0.717) is 34.8 Å². The van der Waals surface area contributed by atoms with Crippen molar-refractivity contribution in [2.45, 2.75) is 13.8 Å². The van der Waals surface area contributed by atoms with Gasteiger partial charge in [-0.25, -0.2) is 4.98 Å². The van der Waals surface area contributed by atoms with Crippen LogP contribution in [-0.2, 0) is 0 Å². The minimum Gasteiger partial charge on any atom is -0.490 e. The van der Waals surface area contributed by atoms with Gasteiger partial charge in [-0.1, -0.05) is 12.1 Å². The smallest absolute Gasteiger partial charge is 0.272 e. The number of pyridine rings is 1. The molecule has 2 heterocycles. The van der Waals surface area contributed by atoms with Crippen LogP contribution in [0.1, 0.15) is 12.5 Å². The van der Waals surface area contributed by atoms with Crippen LogP contribution in [0.15, 0.2) is 42.7 Å². The molecular weight excluding hydrogens is 282 g/mol. The van der Waals surface area contributed by atoms with E-state index in [1.54, 1.807) is 19.1 Å². The molecule has 0 bridgehead atoms. The van der Waals surface area contributed by atoms with Gasteiger partial charge in [0.15, 0.2) is 11.4 Å². The van der Waals surface area contributed by atoms with Crippen LogP contribution in [0.5, 0.6) is 5.75 Å². The first-order valence-electron chi connectivity index (χ1n) is 6.96. The Morgan fingerprint density at radius 2 is 2.18 bits per heavy atom. The number of aryl methyl sites for hydroxylation is 1. The Morgan fingerprint density at radius 1 is 1.36 bits per heavy atom. The Bertz CT molecular complexity index is 855. The van der Waals surface area contributed by atoms with E-state index in [0.717, 1.165) is 0 Å². The lowest BCUT2D eigenvalue weighted by Gasteiger charge is -2.03. The van der Waals surface area contributed by atoms with Gasteiger partial charge >= 0.3 is 0 Å². The molecule has 0 atom stereocenters. The third-order valence-electron chi connectivity index (χ3n) is 3.45. The molecule has 0 fully saturated rings. The molecule has 0 saturated heterocycles. The predicted octanol–water partition coefficient (Wildman–Crippen LogP) is 3.62. The number of nitro groups is 1. The Kier molecular flexibility index (Phi) is 3.50. The lowest BCUT2D eigenvalue weighted by atomic mass is 10.1. The van der Waals surface area contributed by atoms with Gasteiger partial charge in [-0.2, -0.15) is 0 Å². The molecule has 0 aliphatic carbocycles. The van der Waals surface area contributed by atoms with Crippen LogP contribution < -0.4 is 4.74 Å². The number of ether oxygens (including phenoxy) is 1. The highest BCUT2D eigenvalue weighted by Crippen LogP contribution is 2.28. The average molecular weight is 297 g/mol. The second-order valence-electron chi connectivity index (χ2n) is 4.92. The van der Waals surface area contributed by atoms with E-state index in [2.05, 4.69) is 4.98 Å². The number of hydrogen-bond acceptors (Lipinski definition) is 4. The second-order valence-corrected chi connectivity index (χ2v) is 4.92. The van der Waals surface area contributed by atoms with Gasteiger partial charge < -0.3 is 9.14 Å². The molecule has 0 unspecified atom stereocenters. The van der Waals surface area contributed by atoms with Crippen molar-refractivity contribution in [3.05, 3.63) is 58.4 Å². The van der Waals surface area contributed by atoms with Crippen LogP contribution in [0, 0.1) is 17.0 Å². The fraction of sp³-hybridized carbons (Fsp3) is 0.188. The highest BCUT2D eigenvalue weighted by molar-refractivity contribution is 5.68. The SMILES string of the molecule is CCOc1cccn2cc(-c3ccc(C)c([N+](=O)[O-])c3)nc12. The minimum atomic E-state index is -0.375. The van der Waals surface area contributed by atoms with Gasteiger partial charge in [0.25, 0.3) is 5.69 Å². The first-order chi connectivity index (χ1) is 10.6. The summed E-state index contributed by atoms with van der Waals surface area (Å²) in [6, 6.07) is 8.86. The van der Waals surface area contributed by atoms with Crippen LogP contribution in [0.25, 0.3) is 16.9 Å². The van der Waals surface area contributed by atoms with E-state index >= 15 is 0 Å². The summed E-state index contributed by atoms with van der Waals surface area (Å²) in [5.74, 6) is 0.692. The molecule has 0 amide bonds. The zero-order chi connectivity index (χ0) is 15.7. The fourth-order valence-corrected chi connectivity index (χ4v) is 2.36. The summed E-state index contributed by atoms with van der Waals surface area (Å²) in [6.45, 7) is 4.19. The van der Waals surface area contributed by atoms with Gasteiger partial charge in [0.2, 0.25) is 0 Å². The number of imidazole rings is 1. The van der Waals surface area contributed by atoms with Crippen LogP contribution >= 0.6 is 0 Å². The zero-order valence-corrected chi connectivity index (χ0v) is 12.3. The van der Waals surface area contributed by atoms with Gasteiger partial charge in [-0.3, -0.25) is 10.1 Å². The van der Waals surface area contributed by atoms with E-state index in [4.69, 9.17) is 4.74 Å². The standard InChI is InChI=1S/C16H15N3O3/c1-3-22-15-5-4-8-18-10-13(17-16(15)18)12-7-6-11(2)14(9-12)19(20)21/h4-10H,3H2,1-2H3. The summed E-state index contributed by atoms with van der Waals surface area (Å²) >= 11 is 0. The monoisotopic (exact) mass is 297 g/mol. The van der Waals surface area contributed by atoms with Crippen LogP contribution in [0.2, 0.25) is 0 Å². The zero-order valence-electron chi connectivity index (χ0n) is 12.3. The highest BCUT2D eigenvalue weighted by Gasteiger charge is 2.14. The number of fused-ring (bicyclic) bond motifs is 1. The van der Waals surface area contributed by atoms with Gasteiger partial charge in [0.1, 0.15) is 0 Å². The third kappa shape index (κ3) is 2.39. The van der Waals surface area contributed by atoms with Crippen molar-refractivity contribution >= 4 is 11.3 Å².